The fourth-order valence-corrected chi connectivity index (χ4v) is 1.18. The van der Waals surface area contributed by atoms with Gasteiger partial charge in [-0.15, -0.1) is 0 Å². The number of carbonyl (C=O) groups excluding carboxylic acids is 1. The maximum atomic E-state index is 10.5. The van der Waals surface area contributed by atoms with Crippen molar-refractivity contribution >= 4 is 13.0 Å². The number of hydrogen-bond acceptors (Lipinski definition) is 3. The number of allylic oxidation sites excluding steroid dienone is 5. The van der Waals surface area contributed by atoms with Gasteiger partial charge >= 0.3 is 0 Å². The van der Waals surface area contributed by atoms with Crippen LogP contribution in [-0.2, 0) is 4.79 Å². The van der Waals surface area contributed by atoms with E-state index in [4.69, 9.17) is 5.11 Å². The molecule has 0 radical (unpaired) electrons. The van der Waals surface area contributed by atoms with Gasteiger partial charge in [-0.3, -0.25) is 9.79 Å². The molecule has 0 saturated heterocycles. The van der Waals surface area contributed by atoms with Crippen LogP contribution in [0.25, 0.3) is 0 Å². The highest BCUT2D eigenvalue weighted by Crippen LogP contribution is 2.18. The summed E-state index contributed by atoms with van der Waals surface area (Å²) in [6.45, 7) is 8.88. The van der Waals surface area contributed by atoms with E-state index in [1.807, 2.05) is 26.0 Å². The number of aliphatic hydroxyl groups is 1. The lowest BCUT2D eigenvalue weighted by atomic mass is 10.1. The van der Waals surface area contributed by atoms with Crippen LogP contribution in [0.15, 0.2) is 51.7 Å². The van der Waals surface area contributed by atoms with Crippen LogP contribution in [-0.4, -0.2) is 24.7 Å². The quantitative estimate of drug-likeness (QED) is 0.332. The van der Waals surface area contributed by atoms with Crippen LogP contribution in [0.3, 0.4) is 0 Å². The zero-order valence-corrected chi connectivity index (χ0v) is 10.6. The Morgan fingerprint density at radius 1 is 1.35 bits per heavy atom. The van der Waals surface area contributed by atoms with Crippen LogP contribution < -0.4 is 0 Å². The van der Waals surface area contributed by atoms with Gasteiger partial charge < -0.3 is 5.11 Å². The van der Waals surface area contributed by atoms with Crippen molar-refractivity contribution in [2.24, 2.45) is 4.99 Å². The molecular weight excluding hydrogens is 214 g/mol. The van der Waals surface area contributed by atoms with Gasteiger partial charge in [-0.2, -0.15) is 0 Å². The Balaban J connectivity index is 5.48. The standard InChI is InChI=1S/C14H19NO2/c1-5-6-13(12(3)10-17)14(15-4)8-7-11(2)9-16/h5-9,17H,4,10H2,1-3H3/b6-5-,11-7+,13-12-,14-8-. The molecule has 0 saturated carbocycles. The minimum absolute atomic E-state index is 0.0388. The first-order chi connectivity index (χ1) is 8.10. The van der Waals surface area contributed by atoms with E-state index in [1.165, 1.54) is 0 Å². The van der Waals surface area contributed by atoms with Gasteiger partial charge in [0, 0.05) is 5.57 Å². The third kappa shape index (κ3) is 5.22. The summed E-state index contributed by atoms with van der Waals surface area (Å²) < 4.78 is 0. The summed E-state index contributed by atoms with van der Waals surface area (Å²) in [4.78, 5) is 14.4. The predicted octanol–water partition coefficient (Wildman–Crippen LogP) is 2.60. The van der Waals surface area contributed by atoms with E-state index < -0.39 is 0 Å². The van der Waals surface area contributed by atoms with Crippen molar-refractivity contribution in [2.45, 2.75) is 20.8 Å². The molecule has 0 aliphatic rings. The van der Waals surface area contributed by atoms with Gasteiger partial charge in [0.05, 0.1) is 12.3 Å². The molecule has 0 aromatic heterocycles. The molecule has 0 aliphatic heterocycles. The number of aliphatic imine (C=N–C) groups is 1. The summed E-state index contributed by atoms with van der Waals surface area (Å²) >= 11 is 0. The predicted molar refractivity (Wildman–Crippen MR) is 72.1 cm³/mol. The lowest BCUT2D eigenvalue weighted by molar-refractivity contribution is -0.104. The van der Waals surface area contributed by atoms with E-state index in [0.717, 1.165) is 17.4 Å². The lowest BCUT2D eigenvalue weighted by Gasteiger charge is -2.06. The monoisotopic (exact) mass is 233 g/mol. The SMILES string of the molecule is C=NC(=C\C=C(/C)C=O)/C(/C=C\C)=C(/C)CO. The highest BCUT2D eigenvalue weighted by molar-refractivity contribution is 5.72. The first-order valence-electron chi connectivity index (χ1n) is 5.34. The van der Waals surface area contributed by atoms with Crippen LogP contribution in [0.1, 0.15) is 20.8 Å². The molecule has 3 heteroatoms. The minimum atomic E-state index is -0.0388. The van der Waals surface area contributed by atoms with Crippen LogP contribution in [0.2, 0.25) is 0 Å². The van der Waals surface area contributed by atoms with Crippen molar-refractivity contribution in [3.05, 3.63) is 46.7 Å². The molecular formula is C14H19NO2. The maximum Gasteiger partial charge on any atom is 0.145 e. The van der Waals surface area contributed by atoms with Crippen molar-refractivity contribution < 1.29 is 9.90 Å². The van der Waals surface area contributed by atoms with Crippen LogP contribution in [0, 0.1) is 0 Å². The molecule has 0 unspecified atom stereocenters. The first kappa shape index (κ1) is 15.3. The minimum Gasteiger partial charge on any atom is -0.392 e. The second-order valence-corrected chi connectivity index (χ2v) is 3.59. The van der Waals surface area contributed by atoms with Crippen molar-refractivity contribution in [3.63, 3.8) is 0 Å². The second-order valence-electron chi connectivity index (χ2n) is 3.59. The summed E-state index contributed by atoms with van der Waals surface area (Å²) in [7, 11) is 0. The molecule has 0 spiro atoms. The molecule has 3 nitrogen and oxygen atoms in total. The molecule has 0 aliphatic carbocycles. The highest BCUT2D eigenvalue weighted by atomic mass is 16.3. The van der Waals surface area contributed by atoms with E-state index >= 15 is 0 Å². The van der Waals surface area contributed by atoms with Gasteiger partial charge in [-0.25, -0.2) is 0 Å². The lowest BCUT2D eigenvalue weighted by Crippen LogP contribution is -1.94. The number of aliphatic hydroxyl groups excluding tert-OH is 1. The van der Waals surface area contributed by atoms with Crippen LogP contribution in [0.4, 0.5) is 0 Å². The molecule has 1 N–H and O–H groups in total. The molecule has 0 heterocycles. The van der Waals surface area contributed by atoms with E-state index in [1.54, 1.807) is 19.1 Å². The number of hydrogen-bond donors (Lipinski definition) is 1. The molecule has 0 atom stereocenters. The smallest absolute Gasteiger partial charge is 0.145 e. The molecule has 0 aromatic rings. The zero-order chi connectivity index (χ0) is 13.3. The van der Waals surface area contributed by atoms with Gasteiger partial charge in [0.15, 0.2) is 0 Å². The molecule has 0 aromatic carbocycles. The number of rotatable bonds is 6. The van der Waals surface area contributed by atoms with Gasteiger partial charge in [0.1, 0.15) is 6.29 Å². The average molecular weight is 233 g/mol. The fourth-order valence-electron chi connectivity index (χ4n) is 1.18. The summed E-state index contributed by atoms with van der Waals surface area (Å²) in [5.41, 5.74) is 2.86. The molecule has 0 bridgehead atoms. The summed E-state index contributed by atoms with van der Waals surface area (Å²) in [6.07, 6.45) is 7.88. The van der Waals surface area contributed by atoms with E-state index in [-0.39, 0.29) is 6.61 Å². The molecule has 0 fully saturated rings. The Bertz CT molecular complexity index is 398. The van der Waals surface area contributed by atoms with Crippen molar-refractivity contribution in [1.29, 1.82) is 0 Å². The second kappa shape index (κ2) is 8.42. The van der Waals surface area contributed by atoms with Gasteiger partial charge in [0.25, 0.3) is 0 Å². The average Bonchev–Trinajstić information content (AvgIpc) is 2.36. The fraction of sp³-hybridized carbons (Fsp3) is 0.286. The molecule has 17 heavy (non-hydrogen) atoms. The Hall–Kier alpha value is -1.74. The number of nitrogens with zero attached hydrogens (tertiary/aromatic N) is 1. The third-order valence-corrected chi connectivity index (χ3v) is 2.17. The topological polar surface area (TPSA) is 49.7 Å². The summed E-state index contributed by atoms with van der Waals surface area (Å²) in [5.74, 6) is 0. The van der Waals surface area contributed by atoms with Crippen molar-refractivity contribution in [2.75, 3.05) is 6.61 Å². The van der Waals surface area contributed by atoms with Crippen LogP contribution >= 0.6 is 0 Å². The van der Waals surface area contributed by atoms with E-state index in [9.17, 15) is 4.79 Å². The van der Waals surface area contributed by atoms with Crippen LogP contribution in [0.5, 0.6) is 0 Å². The van der Waals surface area contributed by atoms with E-state index in [0.29, 0.717) is 11.3 Å². The number of carbonyl (C=O) groups is 1. The number of aldehydes is 1. The van der Waals surface area contributed by atoms with E-state index in [2.05, 4.69) is 11.7 Å². The molecule has 0 rings (SSSR count). The Morgan fingerprint density at radius 3 is 2.41 bits per heavy atom. The summed E-state index contributed by atoms with van der Waals surface area (Å²) in [5, 5.41) is 9.15. The van der Waals surface area contributed by atoms with Gasteiger partial charge in [-0.1, -0.05) is 18.2 Å². The third-order valence-electron chi connectivity index (χ3n) is 2.17. The Labute approximate surface area is 103 Å². The Kier molecular flexibility index (Phi) is 7.55. The zero-order valence-electron chi connectivity index (χ0n) is 10.6. The molecule has 0 amide bonds. The van der Waals surface area contributed by atoms with Gasteiger partial charge in [-0.05, 0) is 44.7 Å². The van der Waals surface area contributed by atoms with Gasteiger partial charge in [0.2, 0.25) is 0 Å². The van der Waals surface area contributed by atoms with Crippen molar-refractivity contribution in [1.82, 2.24) is 0 Å². The summed E-state index contributed by atoms with van der Waals surface area (Å²) in [6, 6.07) is 0. The highest BCUT2D eigenvalue weighted by Gasteiger charge is 2.03. The molecule has 92 valence electrons. The maximum absolute atomic E-state index is 10.5. The normalized spacial score (nSPS) is 14.8. The first-order valence-corrected chi connectivity index (χ1v) is 5.34. The largest absolute Gasteiger partial charge is 0.392 e. The Morgan fingerprint density at radius 2 is 2.00 bits per heavy atom. The van der Waals surface area contributed by atoms with Crippen molar-refractivity contribution in [3.8, 4) is 0 Å².